The van der Waals surface area contributed by atoms with Crippen molar-refractivity contribution in [2.75, 3.05) is 36.4 Å². The first-order chi connectivity index (χ1) is 14.5. The SMILES string of the molecule is Cn1cc(Nc2ncc(C#N)c(N3CC(CC#N)(N4CCC5(CC4)CC5)C3)n2)cn1. The lowest BCUT2D eigenvalue weighted by Gasteiger charge is -2.57. The van der Waals surface area contributed by atoms with Gasteiger partial charge in [-0.2, -0.15) is 20.6 Å². The van der Waals surface area contributed by atoms with E-state index >= 15 is 0 Å². The number of anilines is 3. The first-order valence-corrected chi connectivity index (χ1v) is 10.4. The molecule has 0 radical (unpaired) electrons. The number of rotatable bonds is 5. The molecule has 2 aromatic heterocycles. The van der Waals surface area contributed by atoms with Gasteiger partial charge in [-0.05, 0) is 44.2 Å². The van der Waals surface area contributed by atoms with Crippen LogP contribution in [0, 0.1) is 28.1 Å². The molecule has 0 atom stereocenters. The fourth-order valence-corrected chi connectivity index (χ4v) is 4.88. The van der Waals surface area contributed by atoms with Crippen molar-refractivity contribution >= 4 is 17.5 Å². The van der Waals surface area contributed by atoms with Crippen LogP contribution in [0.4, 0.5) is 17.5 Å². The zero-order chi connectivity index (χ0) is 20.8. The molecule has 1 saturated carbocycles. The van der Waals surface area contributed by atoms with Crippen LogP contribution in [-0.2, 0) is 7.05 Å². The molecule has 30 heavy (non-hydrogen) atoms. The molecule has 0 unspecified atom stereocenters. The summed E-state index contributed by atoms with van der Waals surface area (Å²) in [4.78, 5) is 13.5. The number of nitrogens with zero attached hydrogens (tertiary/aromatic N) is 8. The third kappa shape index (κ3) is 3.25. The van der Waals surface area contributed by atoms with Gasteiger partial charge < -0.3 is 10.2 Å². The Hall–Kier alpha value is -3.17. The van der Waals surface area contributed by atoms with Crippen LogP contribution in [0.25, 0.3) is 0 Å². The Morgan fingerprint density at radius 3 is 2.50 bits per heavy atom. The van der Waals surface area contributed by atoms with Crippen LogP contribution in [0.15, 0.2) is 18.6 Å². The lowest BCUT2D eigenvalue weighted by atomic mass is 9.81. The second-order valence-corrected chi connectivity index (χ2v) is 8.97. The van der Waals surface area contributed by atoms with Gasteiger partial charge in [0.25, 0.3) is 0 Å². The molecule has 9 nitrogen and oxygen atoms in total. The Morgan fingerprint density at radius 2 is 1.90 bits per heavy atom. The van der Waals surface area contributed by atoms with Gasteiger partial charge >= 0.3 is 0 Å². The monoisotopic (exact) mass is 403 g/mol. The lowest BCUT2D eigenvalue weighted by molar-refractivity contribution is 0.0251. The molecular weight excluding hydrogens is 378 g/mol. The third-order valence-electron chi connectivity index (χ3n) is 6.98. The van der Waals surface area contributed by atoms with Crippen molar-refractivity contribution < 1.29 is 0 Å². The number of aromatic nitrogens is 4. The van der Waals surface area contributed by atoms with Gasteiger partial charge in [-0.1, -0.05) is 0 Å². The lowest BCUT2D eigenvalue weighted by Crippen LogP contribution is -2.71. The van der Waals surface area contributed by atoms with Gasteiger partial charge in [0.1, 0.15) is 11.6 Å². The summed E-state index contributed by atoms with van der Waals surface area (Å²) < 4.78 is 1.70. The van der Waals surface area contributed by atoms with Gasteiger partial charge in [-0.3, -0.25) is 9.58 Å². The zero-order valence-electron chi connectivity index (χ0n) is 17.2. The molecule has 0 bridgehead atoms. The fourth-order valence-electron chi connectivity index (χ4n) is 4.88. The number of aryl methyl sites for hydroxylation is 1. The minimum atomic E-state index is -0.139. The first-order valence-electron chi connectivity index (χ1n) is 10.4. The van der Waals surface area contributed by atoms with Crippen molar-refractivity contribution in [2.45, 2.75) is 37.6 Å². The normalized spacial score (nSPS) is 21.5. The van der Waals surface area contributed by atoms with Crippen LogP contribution in [0.3, 0.4) is 0 Å². The molecule has 1 spiro atoms. The van der Waals surface area contributed by atoms with Crippen molar-refractivity contribution in [3.63, 3.8) is 0 Å². The highest BCUT2D eigenvalue weighted by molar-refractivity contribution is 5.60. The van der Waals surface area contributed by atoms with Crippen LogP contribution < -0.4 is 10.2 Å². The summed E-state index contributed by atoms with van der Waals surface area (Å²) >= 11 is 0. The van der Waals surface area contributed by atoms with E-state index in [0.29, 0.717) is 42.3 Å². The highest BCUT2D eigenvalue weighted by Crippen LogP contribution is 2.54. The van der Waals surface area contributed by atoms with E-state index in [1.54, 1.807) is 17.1 Å². The molecule has 2 saturated heterocycles. The molecule has 2 aromatic rings. The Morgan fingerprint density at radius 1 is 1.13 bits per heavy atom. The summed E-state index contributed by atoms with van der Waals surface area (Å²) in [5.41, 5.74) is 1.71. The third-order valence-corrected chi connectivity index (χ3v) is 6.98. The highest BCUT2D eigenvalue weighted by Gasteiger charge is 2.53. The maximum Gasteiger partial charge on any atom is 0.229 e. The highest BCUT2D eigenvalue weighted by atomic mass is 15.4. The summed E-state index contributed by atoms with van der Waals surface area (Å²) in [5.74, 6) is 1.06. The Kier molecular flexibility index (Phi) is 4.37. The van der Waals surface area contributed by atoms with Gasteiger partial charge in [0.05, 0.1) is 36.1 Å². The van der Waals surface area contributed by atoms with E-state index in [2.05, 4.69) is 42.3 Å². The van der Waals surface area contributed by atoms with E-state index in [1.165, 1.54) is 25.7 Å². The molecule has 3 fully saturated rings. The van der Waals surface area contributed by atoms with Gasteiger partial charge in [0.2, 0.25) is 5.95 Å². The van der Waals surface area contributed by atoms with Crippen molar-refractivity contribution in [1.29, 1.82) is 10.5 Å². The van der Waals surface area contributed by atoms with Crippen molar-refractivity contribution in [1.82, 2.24) is 24.6 Å². The molecule has 2 aliphatic heterocycles. The summed E-state index contributed by atoms with van der Waals surface area (Å²) in [6.45, 7) is 3.56. The van der Waals surface area contributed by atoms with Gasteiger partial charge in [-0.15, -0.1) is 0 Å². The predicted octanol–water partition coefficient (Wildman–Crippen LogP) is 2.17. The topological polar surface area (TPSA) is 110 Å². The summed E-state index contributed by atoms with van der Waals surface area (Å²) in [5, 5.41) is 26.3. The standard InChI is InChI=1S/C21H25N9/c1-28-13-17(12-25-28)26-19-24-11-16(10-23)18(27-19)29-14-21(15-29,4-7-22)30-8-5-20(2-3-20)6-9-30/h11-13H,2-6,8-9,14-15H2,1H3,(H,24,26,27). The maximum atomic E-state index is 9.56. The molecule has 0 aromatic carbocycles. The van der Waals surface area contributed by atoms with Crippen molar-refractivity contribution in [3.05, 3.63) is 24.2 Å². The maximum absolute atomic E-state index is 9.56. The number of nitriles is 2. The molecule has 1 aliphatic carbocycles. The van der Waals surface area contributed by atoms with E-state index in [4.69, 9.17) is 0 Å². The largest absolute Gasteiger partial charge is 0.351 e. The van der Waals surface area contributed by atoms with Crippen LogP contribution in [0.2, 0.25) is 0 Å². The van der Waals surface area contributed by atoms with Crippen LogP contribution in [0.1, 0.15) is 37.7 Å². The Labute approximate surface area is 175 Å². The van der Waals surface area contributed by atoms with E-state index in [-0.39, 0.29) is 5.54 Å². The second kappa shape index (κ2) is 6.96. The molecular formula is C21H25N9. The zero-order valence-corrected chi connectivity index (χ0v) is 17.2. The van der Waals surface area contributed by atoms with Gasteiger partial charge in [0, 0.05) is 26.3 Å². The number of likely N-dealkylation sites (tertiary alicyclic amines) is 1. The Bertz CT molecular complexity index is 1020. The predicted molar refractivity (Wildman–Crippen MR) is 111 cm³/mol. The minimum Gasteiger partial charge on any atom is -0.351 e. The minimum absolute atomic E-state index is 0.139. The van der Waals surface area contributed by atoms with E-state index in [1.807, 2.05) is 13.2 Å². The fraction of sp³-hybridized carbons (Fsp3) is 0.571. The molecule has 9 heteroatoms. The molecule has 5 rings (SSSR count). The average molecular weight is 403 g/mol. The van der Waals surface area contributed by atoms with E-state index in [9.17, 15) is 10.5 Å². The smallest absolute Gasteiger partial charge is 0.229 e. The summed E-state index contributed by atoms with van der Waals surface area (Å²) in [6, 6.07) is 4.61. The van der Waals surface area contributed by atoms with E-state index in [0.717, 1.165) is 18.8 Å². The Balaban J connectivity index is 1.33. The van der Waals surface area contributed by atoms with Crippen molar-refractivity contribution in [3.8, 4) is 12.1 Å². The average Bonchev–Trinajstić information content (AvgIpc) is 3.35. The number of piperidine rings is 1. The molecule has 4 heterocycles. The summed E-state index contributed by atoms with van der Waals surface area (Å²) in [7, 11) is 1.84. The molecule has 3 aliphatic rings. The van der Waals surface area contributed by atoms with Crippen LogP contribution in [-0.4, -0.2) is 56.4 Å². The van der Waals surface area contributed by atoms with Crippen molar-refractivity contribution in [2.24, 2.45) is 12.5 Å². The van der Waals surface area contributed by atoms with Gasteiger partial charge in [0.15, 0.2) is 5.82 Å². The summed E-state index contributed by atoms with van der Waals surface area (Å²) in [6.07, 6.45) is 10.8. The van der Waals surface area contributed by atoms with Crippen LogP contribution in [0.5, 0.6) is 0 Å². The second-order valence-electron chi connectivity index (χ2n) is 8.97. The van der Waals surface area contributed by atoms with Crippen LogP contribution >= 0.6 is 0 Å². The number of nitrogens with one attached hydrogen (secondary N) is 1. The molecule has 154 valence electrons. The molecule has 0 amide bonds. The number of hydrogen-bond acceptors (Lipinski definition) is 8. The molecule has 1 N–H and O–H groups in total. The van der Waals surface area contributed by atoms with Gasteiger partial charge in [-0.25, -0.2) is 4.98 Å². The first kappa shape index (κ1) is 18.8. The number of hydrogen-bond donors (Lipinski definition) is 1. The quantitative estimate of drug-likeness (QED) is 0.809. The van der Waals surface area contributed by atoms with E-state index < -0.39 is 0 Å².